The lowest BCUT2D eigenvalue weighted by Crippen LogP contribution is -2.22. The van der Waals surface area contributed by atoms with Crippen LogP contribution < -0.4 is 0 Å². The Hall–Kier alpha value is -0.0400. The summed E-state index contributed by atoms with van der Waals surface area (Å²) in [6, 6.07) is 0. The van der Waals surface area contributed by atoms with Gasteiger partial charge in [0.05, 0.1) is 0 Å². The lowest BCUT2D eigenvalue weighted by Gasteiger charge is -2.32. The molecule has 0 atom stereocenters. The van der Waals surface area contributed by atoms with Crippen LogP contribution in [0.5, 0.6) is 0 Å². The highest BCUT2D eigenvalue weighted by Gasteiger charge is 2.24. The van der Waals surface area contributed by atoms with Gasteiger partial charge in [-0.2, -0.15) is 0 Å². The van der Waals surface area contributed by atoms with Crippen molar-refractivity contribution in [3.05, 3.63) is 0 Å². The Bertz CT molecular complexity index is 103. The van der Waals surface area contributed by atoms with Crippen molar-refractivity contribution >= 4 is 0 Å². The smallest absolute Gasteiger partial charge is 0.00247 e. The summed E-state index contributed by atoms with van der Waals surface area (Å²) >= 11 is 0. The first-order chi connectivity index (χ1) is 5.18. The van der Waals surface area contributed by atoms with Crippen LogP contribution in [0.2, 0.25) is 0 Å². The number of hydrogen-bond acceptors (Lipinski definition) is 1. The van der Waals surface area contributed by atoms with Crippen molar-refractivity contribution in [1.29, 1.82) is 0 Å². The molecule has 1 rings (SSSR count). The van der Waals surface area contributed by atoms with Crippen molar-refractivity contribution in [2.24, 2.45) is 11.8 Å². The van der Waals surface area contributed by atoms with Gasteiger partial charge in [0.15, 0.2) is 0 Å². The molecule has 1 saturated carbocycles. The Morgan fingerprint density at radius 3 is 2.36 bits per heavy atom. The van der Waals surface area contributed by atoms with E-state index in [0.717, 1.165) is 11.8 Å². The standard InChI is InChI=1S/C10H21N/c1-9-7-10(8-9)5-4-6-11(2)3/h9-10H,4-8H2,1-3H3. The molecule has 0 radical (unpaired) electrons. The van der Waals surface area contributed by atoms with Crippen LogP contribution in [0.3, 0.4) is 0 Å². The molecule has 0 saturated heterocycles. The van der Waals surface area contributed by atoms with E-state index in [1.807, 2.05) is 0 Å². The zero-order valence-corrected chi connectivity index (χ0v) is 8.14. The molecule has 0 aromatic carbocycles. The molecule has 0 unspecified atom stereocenters. The van der Waals surface area contributed by atoms with Crippen molar-refractivity contribution in [2.45, 2.75) is 32.6 Å². The van der Waals surface area contributed by atoms with Crippen LogP contribution in [0.1, 0.15) is 32.6 Å². The Kier molecular flexibility index (Phi) is 3.38. The van der Waals surface area contributed by atoms with Crippen molar-refractivity contribution in [3.8, 4) is 0 Å². The van der Waals surface area contributed by atoms with Gasteiger partial charge in [-0.15, -0.1) is 0 Å². The SMILES string of the molecule is CC1CC(CCCN(C)C)C1. The molecule has 0 spiro atoms. The Labute approximate surface area is 70.8 Å². The minimum atomic E-state index is 1.03. The van der Waals surface area contributed by atoms with Gasteiger partial charge in [-0.1, -0.05) is 6.92 Å². The zero-order valence-electron chi connectivity index (χ0n) is 8.14. The molecule has 11 heavy (non-hydrogen) atoms. The van der Waals surface area contributed by atoms with Gasteiger partial charge in [0.1, 0.15) is 0 Å². The first-order valence-electron chi connectivity index (χ1n) is 4.83. The molecule has 0 aromatic rings. The van der Waals surface area contributed by atoms with Crippen LogP contribution in [-0.4, -0.2) is 25.5 Å². The molecule has 0 N–H and O–H groups in total. The molecule has 0 aromatic heterocycles. The van der Waals surface area contributed by atoms with Gasteiger partial charge >= 0.3 is 0 Å². The van der Waals surface area contributed by atoms with E-state index in [4.69, 9.17) is 0 Å². The first-order valence-corrected chi connectivity index (χ1v) is 4.83. The lowest BCUT2D eigenvalue weighted by molar-refractivity contribution is 0.190. The van der Waals surface area contributed by atoms with Gasteiger partial charge < -0.3 is 4.90 Å². The maximum atomic E-state index is 2.36. The predicted octanol–water partition coefficient (Wildman–Crippen LogP) is 2.37. The van der Waals surface area contributed by atoms with Crippen LogP contribution in [0, 0.1) is 11.8 Å². The third-order valence-electron chi connectivity index (χ3n) is 2.69. The van der Waals surface area contributed by atoms with Gasteiger partial charge in [-0.25, -0.2) is 0 Å². The largest absolute Gasteiger partial charge is 0.309 e. The average molecular weight is 155 g/mol. The minimum absolute atomic E-state index is 1.03. The molecule has 0 bridgehead atoms. The summed E-state index contributed by atoms with van der Waals surface area (Å²) in [6.45, 7) is 3.63. The second kappa shape index (κ2) is 4.10. The number of hydrogen-bond donors (Lipinski definition) is 0. The van der Waals surface area contributed by atoms with Crippen LogP contribution >= 0.6 is 0 Å². The Morgan fingerprint density at radius 1 is 1.27 bits per heavy atom. The second-order valence-electron chi connectivity index (χ2n) is 4.39. The molecule has 1 aliphatic rings. The molecule has 1 fully saturated rings. The van der Waals surface area contributed by atoms with E-state index in [0.29, 0.717) is 0 Å². The molecule has 1 nitrogen and oxygen atoms in total. The fourth-order valence-electron chi connectivity index (χ4n) is 2.00. The van der Waals surface area contributed by atoms with Gasteiger partial charge in [0.2, 0.25) is 0 Å². The molecule has 0 amide bonds. The third kappa shape index (κ3) is 3.24. The second-order valence-corrected chi connectivity index (χ2v) is 4.39. The summed E-state index contributed by atoms with van der Waals surface area (Å²) in [4.78, 5) is 2.28. The summed E-state index contributed by atoms with van der Waals surface area (Å²) in [6.07, 6.45) is 5.84. The van der Waals surface area contributed by atoms with E-state index in [1.54, 1.807) is 0 Å². The van der Waals surface area contributed by atoms with E-state index in [9.17, 15) is 0 Å². The molecule has 66 valence electrons. The normalized spacial score (nSPS) is 30.5. The predicted molar refractivity (Wildman–Crippen MR) is 49.7 cm³/mol. The molecular weight excluding hydrogens is 134 g/mol. The molecular formula is C10H21N. The highest BCUT2D eigenvalue weighted by Crippen LogP contribution is 2.35. The average Bonchev–Trinajstić information content (AvgIpc) is 1.83. The van der Waals surface area contributed by atoms with Crippen molar-refractivity contribution in [2.75, 3.05) is 20.6 Å². The Morgan fingerprint density at radius 2 is 1.91 bits per heavy atom. The van der Waals surface area contributed by atoms with E-state index >= 15 is 0 Å². The monoisotopic (exact) mass is 155 g/mol. The van der Waals surface area contributed by atoms with E-state index in [1.165, 1.54) is 32.2 Å². The first kappa shape index (κ1) is 9.05. The summed E-state index contributed by atoms with van der Waals surface area (Å²) in [5.41, 5.74) is 0. The van der Waals surface area contributed by atoms with Crippen LogP contribution in [0.4, 0.5) is 0 Å². The van der Waals surface area contributed by atoms with Crippen LogP contribution in [0.25, 0.3) is 0 Å². The fourth-order valence-corrected chi connectivity index (χ4v) is 2.00. The Balaban J connectivity index is 1.89. The fraction of sp³-hybridized carbons (Fsp3) is 1.00. The topological polar surface area (TPSA) is 3.24 Å². The summed E-state index contributed by atoms with van der Waals surface area (Å²) in [5, 5.41) is 0. The summed E-state index contributed by atoms with van der Waals surface area (Å²) in [5.74, 6) is 2.10. The van der Waals surface area contributed by atoms with Crippen molar-refractivity contribution < 1.29 is 0 Å². The van der Waals surface area contributed by atoms with Crippen LogP contribution in [-0.2, 0) is 0 Å². The molecule has 1 aliphatic carbocycles. The molecule has 1 heteroatoms. The number of nitrogens with zero attached hydrogens (tertiary/aromatic N) is 1. The van der Waals surface area contributed by atoms with Crippen molar-refractivity contribution in [1.82, 2.24) is 4.90 Å². The van der Waals surface area contributed by atoms with E-state index < -0.39 is 0 Å². The lowest BCUT2D eigenvalue weighted by atomic mass is 9.74. The quantitative estimate of drug-likeness (QED) is 0.602. The van der Waals surface area contributed by atoms with Gasteiger partial charge in [0, 0.05) is 0 Å². The van der Waals surface area contributed by atoms with Crippen LogP contribution in [0.15, 0.2) is 0 Å². The highest BCUT2D eigenvalue weighted by atomic mass is 15.0. The van der Waals surface area contributed by atoms with Crippen molar-refractivity contribution in [3.63, 3.8) is 0 Å². The van der Waals surface area contributed by atoms with E-state index in [-0.39, 0.29) is 0 Å². The van der Waals surface area contributed by atoms with Gasteiger partial charge in [-0.05, 0) is 58.2 Å². The highest BCUT2D eigenvalue weighted by molar-refractivity contribution is 4.75. The van der Waals surface area contributed by atoms with Gasteiger partial charge in [0.25, 0.3) is 0 Å². The minimum Gasteiger partial charge on any atom is -0.309 e. The molecule has 0 aliphatic heterocycles. The zero-order chi connectivity index (χ0) is 8.27. The summed E-state index contributed by atoms with van der Waals surface area (Å²) in [7, 11) is 4.31. The van der Waals surface area contributed by atoms with E-state index in [2.05, 4.69) is 25.9 Å². The van der Waals surface area contributed by atoms with Gasteiger partial charge in [-0.3, -0.25) is 0 Å². The maximum absolute atomic E-state index is 2.36. The number of rotatable bonds is 4. The summed E-state index contributed by atoms with van der Waals surface area (Å²) < 4.78 is 0. The molecule has 0 heterocycles. The maximum Gasteiger partial charge on any atom is -0.00247 e. The third-order valence-corrected chi connectivity index (χ3v) is 2.69.